The highest BCUT2D eigenvalue weighted by Gasteiger charge is 2.01. The molecule has 1 atom stereocenters. The Morgan fingerprint density at radius 1 is 1.20 bits per heavy atom. The second-order valence-electron chi connectivity index (χ2n) is 3.01. The Balaban J connectivity index is 3.09. The molecule has 0 amide bonds. The van der Waals surface area contributed by atoms with E-state index in [1.165, 1.54) is 32.1 Å². The van der Waals surface area contributed by atoms with Crippen LogP contribution in [0, 0.1) is 5.92 Å². The van der Waals surface area contributed by atoms with Gasteiger partial charge in [0.25, 0.3) is 0 Å². The third-order valence-corrected chi connectivity index (χ3v) is 2.13. The van der Waals surface area contributed by atoms with E-state index < -0.39 is 0 Å². The molecular formula is C9H21N. The average Bonchev–Trinajstić information content (AvgIpc) is 1.99. The number of hydrogen-bond acceptors (Lipinski definition) is 1. The molecular weight excluding hydrogens is 122 g/mol. The van der Waals surface area contributed by atoms with Crippen LogP contribution in [0.3, 0.4) is 0 Å². The average molecular weight is 143 g/mol. The van der Waals surface area contributed by atoms with E-state index in [-0.39, 0.29) is 0 Å². The summed E-state index contributed by atoms with van der Waals surface area (Å²) in [5.41, 5.74) is 5.57. The first kappa shape index (κ1) is 9.96. The third kappa shape index (κ3) is 4.80. The number of nitrogens with two attached hydrogens (primary N) is 1. The van der Waals surface area contributed by atoms with E-state index in [1.807, 2.05) is 0 Å². The molecule has 0 heterocycles. The van der Waals surface area contributed by atoms with E-state index in [0.717, 1.165) is 12.5 Å². The zero-order chi connectivity index (χ0) is 7.82. The van der Waals surface area contributed by atoms with Crippen molar-refractivity contribution in [1.29, 1.82) is 0 Å². The smallest absolute Gasteiger partial charge is 0.00490 e. The van der Waals surface area contributed by atoms with Crippen LogP contribution in [0.2, 0.25) is 0 Å². The van der Waals surface area contributed by atoms with Gasteiger partial charge in [-0.15, -0.1) is 0 Å². The Hall–Kier alpha value is -0.0400. The molecule has 0 spiro atoms. The van der Waals surface area contributed by atoms with Gasteiger partial charge in [-0.1, -0.05) is 39.5 Å². The Kier molecular flexibility index (Phi) is 7.04. The van der Waals surface area contributed by atoms with Crippen LogP contribution in [0.25, 0.3) is 0 Å². The summed E-state index contributed by atoms with van der Waals surface area (Å²) >= 11 is 0. The molecule has 0 aliphatic heterocycles. The Labute approximate surface area is 65.0 Å². The zero-order valence-corrected chi connectivity index (χ0v) is 7.40. The van der Waals surface area contributed by atoms with Crippen LogP contribution in [0.5, 0.6) is 0 Å². The van der Waals surface area contributed by atoms with Crippen molar-refractivity contribution in [2.45, 2.75) is 46.0 Å². The first-order valence-electron chi connectivity index (χ1n) is 4.55. The van der Waals surface area contributed by atoms with E-state index in [2.05, 4.69) is 13.8 Å². The highest BCUT2D eigenvalue weighted by Crippen LogP contribution is 2.11. The van der Waals surface area contributed by atoms with Crippen LogP contribution in [-0.2, 0) is 0 Å². The monoisotopic (exact) mass is 143 g/mol. The maximum absolute atomic E-state index is 5.57. The largest absolute Gasteiger partial charge is 0.330 e. The van der Waals surface area contributed by atoms with Gasteiger partial charge in [0.1, 0.15) is 0 Å². The Bertz CT molecular complexity index is 57.7. The fraction of sp³-hybridized carbons (Fsp3) is 1.00. The van der Waals surface area contributed by atoms with Gasteiger partial charge in [0, 0.05) is 0 Å². The molecule has 62 valence electrons. The lowest BCUT2D eigenvalue weighted by molar-refractivity contribution is 0.454. The van der Waals surface area contributed by atoms with Crippen molar-refractivity contribution in [3.8, 4) is 0 Å². The molecule has 10 heavy (non-hydrogen) atoms. The standard InChI is InChI=1S/C9H21N/c1-3-5-6-7-9(4-2)8-10/h9H,3-8,10H2,1-2H3. The van der Waals surface area contributed by atoms with Crippen LogP contribution in [0.15, 0.2) is 0 Å². The van der Waals surface area contributed by atoms with E-state index in [1.54, 1.807) is 0 Å². The minimum absolute atomic E-state index is 0.784. The van der Waals surface area contributed by atoms with Crippen molar-refractivity contribution in [1.82, 2.24) is 0 Å². The predicted octanol–water partition coefficient (Wildman–Crippen LogP) is 2.55. The fourth-order valence-electron chi connectivity index (χ4n) is 1.17. The van der Waals surface area contributed by atoms with E-state index in [0.29, 0.717) is 0 Å². The van der Waals surface area contributed by atoms with Crippen LogP contribution < -0.4 is 5.73 Å². The predicted molar refractivity (Wildman–Crippen MR) is 47.0 cm³/mol. The minimum atomic E-state index is 0.784. The Morgan fingerprint density at radius 3 is 2.30 bits per heavy atom. The molecule has 0 aromatic heterocycles. The van der Waals surface area contributed by atoms with Crippen molar-refractivity contribution in [3.05, 3.63) is 0 Å². The molecule has 0 saturated heterocycles. The van der Waals surface area contributed by atoms with Crippen LogP contribution in [-0.4, -0.2) is 6.54 Å². The summed E-state index contributed by atoms with van der Waals surface area (Å²) in [5, 5.41) is 0. The molecule has 1 unspecified atom stereocenters. The van der Waals surface area contributed by atoms with Crippen molar-refractivity contribution < 1.29 is 0 Å². The maximum atomic E-state index is 5.57. The lowest BCUT2D eigenvalue weighted by Crippen LogP contribution is -2.12. The number of hydrogen-bond donors (Lipinski definition) is 1. The van der Waals surface area contributed by atoms with Crippen molar-refractivity contribution in [2.24, 2.45) is 11.7 Å². The SMILES string of the molecule is CCCCCC(CC)CN. The topological polar surface area (TPSA) is 26.0 Å². The molecule has 0 fully saturated rings. The van der Waals surface area contributed by atoms with Crippen molar-refractivity contribution >= 4 is 0 Å². The highest BCUT2D eigenvalue weighted by atomic mass is 14.5. The van der Waals surface area contributed by atoms with Crippen LogP contribution in [0.1, 0.15) is 46.0 Å². The van der Waals surface area contributed by atoms with E-state index in [9.17, 15) is 0 Å². The quantitative estimate of drug-likeness (QED) is 0.568. The molecule has 0 aliphatic carbocycles. The third-order valence-electron chi connectivity index (χ3n) is 2.13. The molecule has 2 N–H and O–H groups in total. The van der Waals surface area contributed by atoms with Gasteiger partial charge in [0.05, 0.1) is 0 Å². The van der Waals surface area contributed by atoms with Gasteiger partial charge in [-0.25, -0.2) is 0 Å². The van der Waals surface area contributed by atoms with Gasteiger partial charge in [-0.2, -0.15) is 0 Å². The van der Waals surface area contributed by atoms with Gasteiger partial charge in [-0.3, -0.25) is 0 Å². The summed E-state index contributed by atoms with van der Waals surface area (Å²) in [6, 6.07) is 0. The Morgan fingerprint density at radius 2 is 1.90 bits per heavy atom. The number of unbranched alkanes of at least 4 members (excludes halogenated alkanes) is 2. The molecule has 0 aromatic rings. The molecule has 0 saturated carbocycles. The van der Waals surface area contributed by atoms with Crippen LogP contribution in [0.4, 0.5) is 0 Å². The van der Waals surface area contributed by atoms with E-state index >= 15 is 0 Å². The first-order valence-corrected chi connectivity index (χ1v) is 4.55. The summed E-state index contributed by atoms with van der Waals surface area (Å²) in [7, 11) is 0. The van der Waals surface area contributed by atoms with E-state index in [4.69, 9.17) is 5.73 Å². The first-order chi connectivity index (χ1) is 4.85. The molecule has 0 bridgehead atoms. The summed E-state index contributed by atoms with van der Waals surface area (Å²) in [5.74, 6) is 0.784. The zero-order valence-electron chi connectivity index (χ0n) is 7.40. The maximum Gasteiger partial charge on any atom is -0.00490 e. The van der Waals surface area contributed by atoms with Gasteiger partial charge in [-0.05, 0) is 18.9 Å². The van der Waals surface area contributed by atoms with Crippen LogP contribution >= 0.6 is 0 Å². The second-order valence-corrected chi connectivity index (χ2v) is 3.01. The molecule has 1 heteroatoms. The second kappa shape index (κ2) is 7.07. The summed E-state index contributed by atoms with van der Waals surface area (Å²) in [6.07, 6.45) is 6.64. The van der Waals surface area contributed by atoms with Gasteiger partial charge in [0.15, 0.2) is 0 Å². The van der Waals surface area contributed by atoms with Gasteiger partial charge in [0.2, 0.25) is 0 Å². The lowest BCUT2D eigenvalue weighted by Gasteiger charge is -2.10. The number of rotatable bonds is 6. The molecule has 0 aliphatic rings. The van der Waals surface area contributed by atoms with Crippen molar-refractivity contribution in [3.63, 3.8) is 0 Å². The summed E-state index contributed by atoms with van der Waals surface area (Å²) in [4.78, 5) is 0. The molecule has 0 radical (unpaired) electrons. The summed E-state index contributed by atoms with van der Waals surface area (Å²) in [6.45, 7) is 5.34. The van der Waals surface area contributed by atoms with Gasteiger partial charge < -0.3 is 5.73 Å². The highest BCUT2D eigenvalue weighted by molar-refractivity contribution is 4.56. The molecule has 0 rings (SSSR count). The fourth-order valence-corrected chi connectivity index (χ4v) is 1.17. The summed E-state index contributed by atoms with van der Waals surface area (Å²) < 4.78 is 0. The molecule has 0 aromatic carbocycles. The minimum Gasteiger partial charge on any atom is -0.330 e. The normalized spacial score (nSPS) is 13.5. The molecule has 1 nitrogen and oxygen atoms in total. The lowest BCUT2D eigenvalue weighted by atomic mass is 9.99. The van der Waals surface area contributed by atoms with Gasteiger partial charge >= 0.3 is 0 Å². The van der Waals surface area contributed by atoms with Crippen molar-refractivity contribution in [2.75, 3.05) is 6.54 Å².